The van der Waals surface area contributed by atoms with Crippen molar-refractivity contribution < 1.29 is 4.79 Å². The minimum atomic E-state index is -0.0143. The van der Waals surface area contributed by atoms with Crippen LogP contribution in [0.15, 0.2) is 12.4 Å². The van der Waals surface area contributed by atoms with Crippen LogP contribution in [0.2, 0.25) is 0 Å². The van der Waals surface area contributed by atoms with Crippen LogP contribution in [-0.4, -0.2) is 71.0 Å². The SMILES string of the molecule is Cc1cnc(C)c(N2CCN(C(=O)c3cnc(N(C)C)nc3C)CC2)n1. The molecule has 1 aliphatic heterocycles. The van der Waals surface area contributed by atoms with Crippen LogP contribution in [-0.2, 0) is 0 Å². The van der Waals surface area contributed by atoms with Crippen molar-refractivity contribution >= 4 is 17.7 Å². The molecule has 2 aromatic heterocycles. The van der Waals surface area contributed by atoms with Gasteiger partial charge in [-0.15, -0.1) is 0 Å². The fourth-order valence-electron chi connectivity index (χ4n) is 3.00. The summed E-state index contributed by atoms with van der Waals surface area (Å²) in [4.78, 5) is 36.4. The smallest absolute Gasteiger partial charge is 0.257 e. The van der Waals surface area contributed by atoms with Gasteiger partial charge in [0.15, 0.2) is 0 Å². The minimum Gasteiger partial charge on any atom is -0.352 e. The Morgan fingerprint density at radius 2 is 1.65 bits per heavy atom. The van der Waals surface area contributed by atoms with E-state index in [2.05, 4.69) is 24.8 Å². The molecule has 26 heavy (non-hydrogen) atoms. The molecule has 0 saturated carbocycles. The van der Waals surface area contributed by atoms with Crippen LogP contribution >= 0.6 is 0 Å². The van der Waals surface area contributed by atoms with Crippen LogP contribution in [0.1, 0.15) is 27.4 Å². The number of nitrogens with zero attached hydrogens (tertiary/aromatic N) is 7. The zero-order valence-corrected chi connectivity index (χ0v) is 16.0. The van der Waals surface area contributed by atoms with E-state index in [1.54, 1.807) is 12.4 Å². The summed E-state index contributed by atoms with van der Waals surface area (Å²) in [6.45, 7) is 8.51. The molecule has 0 atom stereocenters. The van der Waals surface area contributed by atoms with Gasteiger partial charge >= 0.3 is 0 Å². The first kappa shape index (κ1) is 18.0. The van der Waals surface area contributed by atoms with Crippen LogP contribution in [0.4, 0.5) is 11.8 Å². The average Bonchev–Trinajstić information content (AvgIpc) is 2.63. The third-order valence-electron chi connectivity index (χ3n) is 4.51. The van der Waals surface area contributed by atoms with Crippen LogP contribution in [0.25, 0.3) is 0 Å². The maximum absolute atomic E-state index is 12.9. The van der Waals surface area contributed by atoms with Gasteiger partial charge in [0.2, 0.25) is 5.95 Å². The summed E-state index contributed by atoms with van der Waals surface area (Å²) in [6, 6.07) is 0. The number of aromatic nitrogens is 4. The molecule has 0 N–H and O–H groups in total. The lowest BCUT2D eigenvalue weighted by Crippen LogP contribution is -2.49. The number of hydrogen-bond acceptors (Lipinski definition) is 7. The lowest BCUT2D eigenvalue weighted by molar-refractivity contribution is 0.0745. The van der Waals surface area contributed by atoms with E-state index >= 15 is 0 Å². The molecular formula is C18H25N7O. The topological polar surface area (TPSA) is 78.4 Å². The van der Waals surface area contributed by atoms with Crippen LogP contribution in [0.5, 0.6) is 0 Å². The predicted molar refractivity (Wildman–Crippen MR) is 101 cm³/mol. The van der Waals surface area contributed by atoms with Gasteiger partial charge in [-0.2, -0.15) is 0 Å². The van der Waals surface area contributed by atoms with Crippen molar-refractivity contribution in [2.45, 2.75) is 20.8 Å². The van der Waals surface area contributed by atoms with E-state index in [0.717, 1.165) is 30.3 Å². The summed E-state index contributed by atoms with van der Waals surface area (Å²) in [5.74, 6) is 1.50. The number of carbonyl (C=O) groups excluding carboxylic acids is 1. The molecule has 8 nitrogen and oxygen atoms in total. The largest absolute Gasteiger partial charge is 0.352 e. The Morgan fingerprint density at radius 3 is 2.27 bits per heavy atom. The number of amides is 1. The second kappa shape index (κ2) is 7.23. The maximum atomic E-state index is 12.9. The fraction of sp³-hybridized carbons (Fsp3) is 0.500. The van der Waals surface area contributed by atoms with E-state index < -0.39 is 0 Å². The van der Waals surface area contributed by atoms with Gasteiger partial charge in [0.05, 0.1) is 22.6 Å². The Morgan fingerprint density at radius 1 is 0.962 bits per heavy atom. The zero-order valence-electron chi connectivity index (χ0n) is 16.0. The van der Waals surface area contributed by atoms with Gasteiger partial charge in [-0.1, -0.05) is 0 Å². The minimum absolute atomic E-state index is 0.0143. The molecule has 0 radical (unpaired) electrons. The third-order valence-corrected chi connectivity index (χ3v) is 4.51. The van der Waals surface area contributed by atoms with Crippen molar-refractivity contribution in [3.05, 3.63) is 35.0 Å². The second-order valence-corrected chi connectivity index (χ2v) is 6.76. The van der Waals surface area contributed by atoms with E-state index in [1.165, 1.54) is 0 Å². The van der Waals surface area contributed by atoms with E-state index in [4.69, 9.17) is 0 Å². The number of hydrogen-bond donors (Lipinski definition) is 0. The van der Waals surface area contributed by atoms with E-state index in [-0.39, 0.29) is 5.91 Å². The molecule has 0 bridgehead atoms. The molecule has 1 fully saturated rings. The van der Waals surface area contributed by atoms with E-state index in [1.807, 2.05) is 44.7 Å². The molecule has 8 heteroatoms. The van der Waals surface area contributed by atoms with Gasteiger partial charge in [0.25, 0.3) is 5.91 Å². The van der Waals surface area contributed by atoms with Crippen molar-refractivity contribution in [1.29, 1.82) is 0 Å². The molecule has 3 heterocycles. The van der Waals surface area contributed by atoms with Gasteiger partial charge in [0.1, 0.15) is 5.82 Å². The highest BCUT2D eigenvalue weighted by molar-refractivity contribution is 5.95. The first-order valence-corrected chi connectivity index (χ1v) is 8.72. The standard InChI is InChI=1S/C18H25N7O/c1-12-10-19-14(3)16(21-12)24-6-8-25(9-7-24)17(26)15-11-20-18(23(4)5)22-13(15)2/h10-11H,6-9H2,1-5H3. The Kier molecular flexibility index (Phi) is 5.01. The fourth-order valence-corrected chi connectivity index (χ4v) is 3.00. The Labute approximate surface area is 153 Å². The lowest BCUT2D eigenvalue weighted by atomic mass is 10.2. The van der Waals surface area contributed by atoms with Gasteiger partial charge in [-0.3, -0.25) is 9.78 Å². The third kappa shape index (κ3) is 3.58. The molecule has 0 aliphatic carbocycles. The highest BCUT2D eigenvalue weighted by atomic mass is 16.2. The molecule has 138 valence electrons. The highest BCUT2D eigenvalue weighted by Crippen LogP contribution is 2.19. The van der Waals surface area contributed by atoms with Crippen molar-refractivity contribution in [3.8, 4) is 0 Å². The summed E-state index contributed by atoms with van der Waals surface area (Å²) in [5, 5.41) is 0. The predicted octanol–water partition coefficient (Wildman–Crippen LogP) is 1.22. The molecule has 0 unspecified atom stereocenters. The van der Waals surface area contributed by atoms with Crippen molar-refractivity contribution in [3.63, 3.8) is 0 Å². The monoisotopic (exact) mass is 355 g/mol. The van der Waals surface area contributed by atoms with Crippen molar-refractivity contribution in [2.75, 3.05) is 50.1 Å². The van der Waals surface area contributed by atoms with Crippen molar-refractivity contribution in [1.82, 2.24) is 24.8 Å². The number of rotatable bonds is 3. The normalized spacial score (nSPS) is 14.5. The number of piperazine rings is 1. The summed E-state index contributed by atoms with van der Waals surface area (Å²) in [7, 11) is 3.76. The Bertz CT molecular complexity index is 813. The molecule has 1 amide bonds. The van der Waals surface area contributed by atoms with Crippen LogP contribution in [0.3, 0.4) is 0 Å². The van der Waals surface area contributed by atoms with Gasteiger partial charge < -0.3 is 14.7 Å². The molecule has 0 spiro atoms. The van der Waals surface area contributed by atoms with Gasteiger partial charge in [-0.05, 0) is 20.8 Å². The number of anilines is 2. The molecule has 3 rings (SSSR count). The highest BCUT2D eigenvalue weighted by Gasteiger charge is 2.25. The van der Waals surface area contributed by atoms with Crippen molar-refractivity contribution in [2.24, 2.45) is 0 Å². The first-order chi connectivity index (χ1) is 12.4. The van der Waals surface area contributed by atoms with E-state index in [9.17, 15) is 4.79 Å². The lowest BCUT2D eigenvalue weighted by Gasteiger charge is -2.36. The number of carbonyl (C=O) groups is 1. The summed E-state index contributed by atoms with van der Waals surface area (Å²) in [5.41, 5.74) is 3.09. The molecule has 0 aromatic carbocycles. The zero-order chi connectivity index (χ0) is 18.8. The molecular weight excluding hydrogens is 330 g/mol. The van der Waals surface area contributed by atoms with Crippen LogP contribution < -0.4 is 9.80 Å². The molecule has 1 saturated heterocycles. The van der Waals surface area contributed by atoms with Gasteiger partial charge in [0, 0.05) is 52.7 Å². The van der Waals surface area contributed by atoms with Crippen LogP contribution in [0, 0.1) is 20.8 Å². The van der Waals surface area contributed by atoms with E-state index in [0.29, 0.717) is 30.3 Å². The Balaban J connectivity index is 1.70. The maximum Gasteiger partial charge on any atom is 0.257 e. The summed E-state index contributed by atoms with van der Waals surface area (Å²) in [6.07, 6.45) is 3.40. The second-order valence-electron chi connectivity index (χ2n) is 6.76. The summed E-state index contributed by atoms with van der Waals surface area (Å²) >= 11 is 0. The van der Waals surface area contributed by atoms with Gasteiger partial charge in [-0.25, -0.2) is 15.0 Å². The quantitative estimate of drug-likeness (QED) is 0.819. The Hall–Kier alpha value is -2.77. The number of aryl methyl sites for hydroxylation is 3. The first-order valence-electron chi connectivity index (χ1n) is 8.72. The molecule has 1 aliphatic rings. The molecule has 2 aromatic rings. The summed E-state index contributed by atoms with van der Waals surface area (Å²) < 4.78 is 0. The average molecular weight is 355 g/mol.